The van der Waals surface area contributed by atoms with Crippen LogP contribution in [0.1, 0.15) is 5.56 Å². The number of aryl methyl sites for hydroxylation is 1. The lowest BCUT2D eigenvalue weighted by Crippen LogP contribution is -2.36. The first-order valence-corrected chi connectivity index (χ1v) is 12.1. The molecule has 37 heavy (non-hydrogen) atoms. The summed E-state index contributed by atoms with van der Waals surface area (Å²) in [5.41, 5.74) is -0.105. The van der Waals surface area contributed by atoms with Crippen LogP contribution in [0.25, 0.3) is 33.8 Å². The third-order valence-corrected chi connectivity index (χ3v) is 6.18. The molecule has 0 unspecified atom stereocenters. The van der Waals surface area contributed by atoms with Gasteiger partial charge in [0.1, 0.15) is 11.0 Å². The predicted octanol–water partition coefficient (Wildman–Crippen LogP) is 4.09. The van der Waals surface area contributed by atoms with Crippen molar-refractivity contribution in [2.45, 2.75) is 5.51 Å². The maximum absolute atomic E-state index is 10.9. The first-order chi connectivity index (χ1) is 17.4. The fraction of sp³-hybridized carbons (Fsp3) is 0.0800. The Morgan fingerprint density at radius 2 is 1.49 bits per heavy atom. The molecule has 3 aromatic carbocycles. The molecule has 8 nitrogen and oxygen atoms in total. The Morgan fingerprint density at radius 3 is 2.05 bits per heavy atom. The van der Waals surface area contributed by atoms with Crippen LogP contribution in [0, 0.1) is 10.1 Å². The van der Waals surface area contributed by atoms with Crippen molar-refractivity contribution in [3.8, 4) is 11.3 Å². The molecule has 0 N–H and O–H groups in total. The van der Waals surface area contributed by atoms with Crippen molar-refractivity contribution in [2.75, 3.05) is 0 Å². The van der Waals surface area contributed by atoms with E-state index in [0.29, 0.717) is 0 Å². The van der Waals surface area contributed by atoms with Crippen LogP contribution in [-0.4, -0.2) is 27.9 Å². The van der Waals surface area contributed by atoms with E-state index in [1.165, 1.54) is 0 Å². The monoisotopic (exact) mass is 529 g/mol. The van der Waals surface area contributed by atoms with Gasteiger partial charge in [0.05, 0.1) is 4.92 Å². The van der Waals surface area contributed by atoms with Gasteiger partial charge in [-0.1, -0.05) is 36.4 Å². The van der Waals surface area contributed by atoms with Gasteiger partial charge in [-0.25, -0.2) is 8.42 Å². The van der Waals surface area contributed by atoms with Gasteiger partial charge in [0, 0.05) is 34.4 Å². The minimum absolute atomic E-state index is 0.0973. The fourth-order valence-corrected chi connectivity index (χ4v) is 3.95. The maximum atomic E-state index is 10.9. The predicted molar refractivity (Wildman–Crippen MR) is 129 cm³/mol. The van der Waals surface area contributed by atoms with Crippen molar-refractivity contribution in [2.24, 2.45) is 7.05 Å². The molecule has 0 bridgehead atoms. The summed E-state index contributed by atoms with van der Waals surface area (Å²) in [6, 6.07) is 27.5. The maximum Gasteiger partial charge on any atom is 0.485 e. The van der Waals surface area contributed by atoms with Crippen LogP contribution in [0.2, 0.25) is 0 Å². The van der Waals surface area contributed by atoms with Crippen LogP contribution in [0.4, 0.5) is 18.9 Å². The molecule has 0 atom stereocenters. The summed E-state index contributed by atoms with van der Waals surface area (Å²) in [4.78, 5) is 10.6. The molecule has 5 rings (SSSR count). The molecule has 0 saturated carbocycles. The zero-order chi connectivity index (χ0) is 27.0. The number of non-ortho nitro benzene ring substituents is 1. The Labute approximate surface area is 208 Å². The number of alkyl halides is 3. The minimum atomic E-state index is -6.09. The lowest BCUT2D eigenvalue weighted by molar-refractivity contribution is -0.725. The van der Waals surface area contributed by atoms with Gasteiger partial charge in [-0.3, -0.25) is 10.1 Å². The quantitative estimate of drug-likeness (QED) is 0.115. The largest absolute Gasteiger partial charge is 0.741 e. The normalized spacial score (nSPS) is 12.5. The van der Waals surface area contributed by atoms with Crippen LogP contribution >= 0.6 is 0 Å². The summed E-state index contributed by atoms with van der Waals surface area (Å²) in [5.74, 6) is 0. The summed E-state index contributed by atoms with van der Waals surface area (Å²) in [7, 11) is -4.02. The lowest BCUT2D eigenvalue weighted by Gasteiger charge is -2.08. The third kappa shape index (κ3) is 5.15. The Kier molecular flexibility index (Phi) is 6.72. The lowest BCUT2D eigenvalue weighted by atomic mass is 10.1. The van der Waals surface area contributed by atoms with Crippen molar-refractivity contribution >= 4 is 38.3 Å². The van der Waals surface area contributed by atoms with Crippen molar-refractivity contribution in [1.82, 2.24) is 4.52 Å². The number of halogens is 3. The highest BCUT2D eigenvalue weighted by Crippen LogP contribution is 2.22. The van der Waals surface area contributed by atoms with E-state index >= 15 is 0 Å². The highest BCUT2D eigenvalue weighted by molar-refractivity contribution is 7.86. The number of nitrogens with zero attached hydrogens (tertiary/aromatic N) is 3. The van der Waals surface area contributed by atoms with Crippen molar-refractivity contribution in [1.29, 1.82) is 0 Å². The van der Waals surface area contributed by atoms with Gasteiger partial charge >= 0.3 is 5.51 Å². The standard InChI is InChI=1S/C24H18N3O2.CHF3O3S/c1-25-23(18-7-3-2-4-8-18)16-24-21(20-9-5-6-10-22(20)26(24)25)15-17-11-13-19(14-12-17)27(28)29;2-1(3,4)8(5,6)7/h2-16H,1H3;(H,5,6,7)/q+1;/p-1/b21-15-;. The Morgan fingerprint density at radius 1 is 0.919 bits per heavy atom. The van der Waals surface area contributed by atoms with E-state index in [1.54, 1.807) is 24.3 Å². The van der Waals surface area contributed by atoms with Gasteiger partial charge in [-0.2, -0.15) is 13.2 Å². The zero-order valence-electron chi connectivity index (χ0n) is 19.1. The van der Waals surface area contributed by atoms with Gasteiger partial charge in [0.15, 0.2) is 17.2 Å². The van der Waals surface area contributed by atoms with E-state index in [9.17, 15) is 23.3 Å². The molecular formula is C25H18F3N3O5S. The van der Waals surface area contributed by atoms with E-state index in [-0.39, 0.29) is 10.6 Å². The molecule has 0 aliphatic heterocycles. The van der Waals surface area contributed by atoms with E-state index in [0.717, 1.165) is 38.5 Å². The fourth-order valence-electron chi connectivity index (χ4n) is 3.95. The average Bonchev–Trinajstić information content (AvgIpc) is 3.34. The first kappa shape index (κ1) is 25.8. The van der Waals surface area contributed by atoms with Crippen molar-refractivity contribution in [3.63, 3.8) is 0 Å². The summed E-state index contributed by atoms with van der Waals surface area (Å²) in [5, 5.41) is 13.2. The van der Waals surface area contributed by atoms with E-state index in [2.05, 4.69) is 52.7 Å². The Balaban J connectivity index is 0.000000349. The van der Waals surface area contributed by atoms with Crippen LogP contribution in [0.15, 0.2) is 84.9 Å². The molecule has 2 heterocycles. The second-order valence-electron chi connectivity index (χ2n) is 7.94. The molecule has 0 spiro atoms. The number of aromatic nitrogens is 2. The van der Waals surface area contributed by atoms with Gasteiger partial charge in [0.2, 0.25) is 5.69 Å². The number of para-hydroxylation sites is 1. The van der Waals surface area contributed by atoms with Gasteiger partial charge in [-0.05, 0) is 42.0 Å². The van der Waals surface area contributed by atoms with Gasteiger partial charge < -0.3 is 4.55 Å². The van der Waals surface area contributed by atoms with Crippen LogP contribution in [-0.2, 0) is 17.2 Å². The molecule has 0 aliphatic carbocycles. The summed E-state index contributed by atoms with van der Waals surface area (Å²) >= 11 is 0. The second kappa shape index (κ2) is 9.64. The van der Waals surface area contributed by atoms with Crippen molar-refractivity contribution in [3.05, 3.63) is 106 Å². The summed E-state index contributed by atoms with van der Waals surface area (Å²) < 4.78 is 63.3. The van der Waals surface area contributed by atoms with Crippen LogP contribution in [0.3, 0.4) is 0 Å². The number of benzene rings is 3. The van der Waals surface area contributed by atoms with E-state index in [4.69, 9.17) is 13.0 Å². The summed E-state index contributed by atoms with van der Waals surface area (Å²) in [6.45, 7) is 0. The first-order valence-electron chi connectivity index (χ1n) is 10.6. The second-order valence-corrected chi connectivity index (χ2v) is 9.31. The molecule has 0 fully saturated rings. The number of nitro benzene ring substituents is 1. The molecular weight excluding hydrogens is 511 g/mol. The van der Waals surface area contributed by atoms with Gasteiger partial charge in [0.25, 0.3) is 5.69 Å². The van der Waals surface area contributed by atoms with Crippen molar-refractivity contribution < 1.29 is 35.7 Å². The number of hydrogen-bond acceptors (Lipinski definition) is 5. The molecule has 190 valence electrons. The number of nitro groups is 1. The van der Waals surface area contributed by atoms with Crippen LogP contribution in [0.5, 0.6) is 0 Å². The van der Waals surface area contributed by atoms with Crippen LogP contribution < -0.4 is 9.90 Å². The highest BCUT2D eigenvalue weighted by atomic mass is 32.2. The summed E-state index contributed by atoms with van der Waals surface area (Å²) in [6.07, 6.45) is 2.09. The Bertz CT molecular complexity index is 1770. The third-order valence-electron chi connectivity index (χ3n) is 5.62. The average molecular weight is 529 g/mol. The number of hydrogen-bond donors (Lipinski definition) is 0. The molecule has 12 heteroatoms. The molecule has 2 aromatic heterocycles. The molecule has 5 aromatic rings. The number of rotatable bonds is 3. The zero-order valence-corrected chi connectivity index (χ0v) is 19.9. The Hall–Kier alpha value is -4.29. The van der Waals surface area contributed by atoms with E-state index in [1.807, 2.05) is 30.3 Å². The topological polar surface area (TPSA) is 109 Å². The highest BCUT2D eigenvalue weighted by Gasteiger charge is 2.36. The molecule has 0 saturated heterocycles. The van der Waals surface area contributed by atoms with E-state index < -0.39 is 15.6 Å². The SMILES string of the molecule is C[n+]1c(-c2ccccc2)cc2/c(=C\c3ccc([N+](=O)[O-])cc3)c3ccccc3n21.O=S(=O)([O-])C(F)(F)F. The minimum Gasteiger partial charge on any atom is -0.741 e. The van der Waals surface area contributed by atoms with Gasteiger partial charge in [-0.15, -0.1) is 9.20 Å². The molecule has 0 aliphatic rings. The molecule has 0 radical (unpaired) electrons. The molecule has 0 amide bonds. The number of fused-ring (bicyclic) bond motifs is 3. The smallest absolute Gasteiger partial charge is 0.485 e.